The number of carbonyl (C=O) groups excluding carboxylic acids is 1. The van der Waals surface area contributed by atoms with Gasteiger partial charge in [-0.3, -0.25) is 4.68 Å². The van der Waals surface area contributed by atoms with Gasteiger partial charge in [0.2, 0.25) is 0 Å². The first-order valence-corrected chi connectivity index (χ1v) is 6.46. The molecule has 7 nitrogen and oxygen atoms in total. The molecule has 0 fully saturated rings. The lowest BCUT2D eigenvalue weighted by Gasteiger charge is -2.20. The first-order chi connectivity index (χ1) is 9.54. The summed E-state index contributed by atoms with van der Waals surface area (Å²) in [7, 11) is 1.72. The van der Waals surface area contributed by atoms with Gasteiger partial charge in [0.05, 0.1) is 13.1 Å². The van der Waals surface area contributed by atoms with Gasteiger partial charge in [-0.1, -0.05) is 5.16 Å². The van der Waals surface area contributed by atoms with Crippen LogP contribution in [0.1, 0.15) is 18.4 Å². The Balaban J connectivity index is 1.81. The minimum absolute atomic E-state index is 0.0103. The Hall–Kier alpha value is -2.31. The van der Waals surface area contributed by atoms with Crippen molar-refractivity contribution in [1.29, 1.82) is 0 Å². The maximum Gasteiger partial charge on any atom is 0.317 e. The Morgan fingerprint density at radius 3 is 3.00 bits per heavy atom. The van der Waals surface area contributed by atoms with Crippen LogP contribution in [0.2, 0.25) is 0 Å². The fourth-order valence-corrected chi connectivity index (χ4v) is 1.86. The summed E-state index contributed by atoms with van der Waals surface area (Å²) in [5, 5.41) is 10.9. The highest BCUT2D eigenvalue weighted by atomic mass is 16.5. The molecular formula is C13H19N5O2. The molecule has 0 spiro atoms. The van der Waals surface area contributed by atoms with Crippen LogP contribution in [0, 0.1) is 6.92 Å². The van der Waals surface area contributed by atoms with Crippen LogP contribution >= 0.6 is 0 Å². The second-order valence-electron chi connectivity index (χ2n) is 4.86. The van der Waals surface area contributed by atoms with Gasteiger partial charge < -0.3 is 14.7 Å². The lowest BCUT2D eigenvalue weighted by molar-refractivity contribution is 0.200. The van der Waals surface area contributed by atoms with E-state index in [1.54, 1.807) is 22.8 Å². The molecule has 0 aromatic carbocycles. The molecule has 2 heterocycles. The van der Waals surface area contributed by atoms with Crippen LogP contribution in [0.4, 0.5) is 4.79 Å². The molecule has 2 aromatic heterocycles. The van der Waals surface area contributed by atoms with Crippen molar-refractivity contribution in [3.05, 3.63) is 36.0 Å². The topological polar surface area (TPSA) is 76.2 Å². The molecule has 0 unspecified atom stereocenters. The molecule has 2 rings (SSSR count). The van der Waals surface area contributed by atoms with E-state index in [1.165, 1.54) is 0 Å². The first kappa shape index (κ1) is 14.1. The zero-order valence-corrected chi connectivity index (χ0v) is 11.9. The monoisotopic (exact) mass is 277 g/mol. The van der Waals surface area contributed by atoms with E-state index in [9.17, 15) is 4.79 Å². The molecule has 1 atom stereocenters. The van der Waals surface area contributed by atoms with Crippen LogP contribution in [0.5, 0.6) is 0 Å². The molecule has 0 aliphatic carbocycles. The van der Waals surface area contributed by atoms with Gasteiger partial charge >= 0.3 is 6.03 Å². The minimum atomic E-state index is -0.148. The second-order valence-corrected chi connectivity index (χ2v) is 4.86. The predicted molar refractivity (Wildman–Crippen MR) is 72.9 cm³/mol. The highest BCUT2D eigenvalue weighted by molar-refractivity contribution is 5.74. The standard InChI is InChI=1S/C13H19N5O2/c1-10(8-18-6-4-5-14-18)15-13(19)17(3)9-12-7-11(2)20-16-12/h4-7,10H,8-9H2,1-3H3,(H,15,19)/t10-/m0/s1. The lowest BCUT2D eigenvalue weighted by atomic mass is 10.3. The van der Waals surface area contributed by atoms with E-state index in [1.807, 2.05) is 32.2 Å². The van der Waals surface area contributed by atoms with Crippen molar-refractivity contribution < 1.29 is 9.32 Å². The van der Waals surface area contributed by atoms with Crippen LogP contribution in [-0.4, -0.2) is 39.0 Å². The fourth-order valence-electron chi connectivity index (χ4n) is 1.86. The first-order valence-electron chi connectivity index (χ1n) is 6.46. The average molecular weight is 277 g/mol. The zero-order chi connectivity index (χ0) is 14.5. The number of urea groups is 1. The van der Waals surface area contributed by atoms with Crippen molar-refractivity contribution in [2.45, 2.75) is 33.0 Å². The molecule has 7 heteroatoms. The van der Waals surface area contributed by atoms with E-state index in [-0.39, 0.29) is 12.1 Å². The van der Waals surface area contributed by atoms with Gasteiger partial charge in [0.25, 0.3) is 0 Å². The van der Waals surface area contributed by atoms with Crippen LogP contribution in [0.3, 0.4) is 0 Å². The van der Waals surface area contributed by atoms with Crippen molar-refractivity contribution >= 4 is 6.03 Å². The summed E-state index contributed by atoms with van der Waals surface area (Å²) in [5.41, 5.74) is 0.736. The van der Waals surface area contributed by atoms with Gasteiger partial charge in [-0.2, -0.15) is 5.10 Å². The third kappa shape index (κ3) is 3.84. The van der Waals surface area contributed by atoms with Crippen molar-refractivity contribution in [1.82, 2.24) is 25.2 Å². The van der Waals surface area contributed by atoms with Crippen molar-refractivity contribution in [2.75, 3.05) is 7.05 Å². The summed E-state index contributed by atoms with van der Waals surface area (Å²) < 4.78 is 6.76. The fraction of sp³-hybridized carbons (Fsp3) is 0.462. The third-order valence-corrected chi connectivity index (χ3v) is 2.81. The molecule has 2 aromatic rings. The molecule has 2 amide bonds. The molecule has 108 valence electrons. The normalized spacial score (nSPS) is 12.2. The molecule has 1 N–H and O–H groups in total. The van der Waals surface area contributed by atoms with E-state index < -0.39 is 0 Å². The van der Waals surface area contributed by atoms with E-state index in [2.05, 4.69) is 15.6 Å². The van der Waals surface area contributed by atoms with E-state index >= 15 is 0 Å². The quantitative estimate of drug-likeness (QED) is 0.896. The summed E-state index contributed by atoms with van der Waals surface area (Å²) >= 11 is 0. The van der Waals surface area contributed by atoms with Crippen molar-refractivity contribution in [3.63, 3.8) is 0 Å². The average Bonchev–Trinajstić information content (AvgIpc) is 3.01. The molecule has 0 aliphatic heterocycles. The van der Waals surface area contributed by atoms with Crippen LogP contribution < -0.4 is 5.32 Å². The Morgan fingerprint density at radius 2 is 2.40 bits per heavy atom. The molecular weight excluding hydrogens is 258 g/mol. The van der Waals surface area contributed by atoms with Crippen LogP contribution in [0.15, 0.2) is 29.0 Å². The Morgan fingerprint density at radius 1 is 1.60 bits per heavy atom. The van der Waals surface area contributed by atoms with Crippen LogP contribution in [-0.2, 0) is 13.1 Å². The summed E-state index contributed by atoms with van der Waals surface area (Å²) in [5.74, 6) is 0.737. The van der Waals surface area contributed by atoms with E-state index in [0.717, 1.165) is 11.5 Å². The summed E-state index contributed by atoms with van der Waals surface area (Å²) in [6.45, 7) is 4.81. The zero-order valence-electron chi connectivity index (χ0n) is 11.9. The van der Waals surface area contributed by atoms with Crippen LogP contribution in [0.25, 0.3) is 0 Å². The molecule has 20 heavy (non-hydrogen) atoms. The molecule has 0 bridgehead atoms. The van der Waals surface area contributed by atoms with E-state index in [4.69, 9.17) is 4.52 Å². The Bertz CT molecular complexity index is 549. The summed E-state index contributed by atoms with van der Waals surface area (Å²) in [6, 6.07) is 3.51. The summed E-state index contributed by atoms with van der Waals surface area (Å²) in [4.78, 5) is 13.6. The Kier molecular flexibility index (Phi) is 4.39. The number of amides is 2. The minimum Gasteiger partial charge on any atom is -0.361 e. The van der Waals surface area contributed by atoms with Gasteiger partial charge in [-0.15, -0.1) is 0 Å². The third-order valence-electron chi connectivity index (χ3n) is 2.81. The number of aromatic nitrogens is 3. The maximum absolute atomic E-state index is 12.0. The number of hydrogen-bond donors (Lipinski definition) is 1. The highest BCUT2D eigenvalue weighted by Crippen LogP contribution is 2.04. The van der Waals surface area contributed by atoms with Crippen molar-refractivity contribution in [2.24, 2.45) is 0 Å². The maximum atomic E-state index is 12.0. The number of carbonyl (C=O) groups is 1. The van der Waals surface area contributed by atoms with Crippen molar-refractivity contribution in [3.8, 4) is 0 Å². The van der Waals surface area contributed by atoms with Gasteiger partial charge in [0.1, 0.15) is 11.5 Å². The van der Waals surface area contributed by atoms with Gasteiger partial charge in [-0.25, -0.2) is 4.79 Å². The highest BCUT2D eigenvalue weighted by Gasteiger charge is 2.14. The van der Waals surface area contributed by atoms with Gasteiger partial charge in [-0.05, 0) is 19.9 Å². The predicted octanol–water partition coefficient (Wildman–Crippen LogP) is 1.41. The molecule has 0 radical (unpaired) electrons. The summed E-state index contributed by atoms with van der Waals surface area (Å²) in [6.07, 6.45) is 3.58. The van der Waals surface area contributed by atoms with E-state index in [0.29, 0.717) is 13.1 Å². The van der Waals surface area contributed by atoms with Gasteiger partial charge in [0.15, 0.2) is 0 Å². The number of aryl methyl sites for hydroxylation is 1. The molecule has 0 aliphatic rings. The molecule has 0 saturated carbocycles. The number of nitrogens with one attached hydrogen (secondary N) is 1. The van der Waals surface area contributed by atoms with Gasteiger partial charge in [0, 0.05) is 31.5 Å². The lowest BCUT2D eigenvalue weighted by Crippen LogP contribution is -2.43. The second kappa shape index (κ2) is 6.23. The number of nitrogens with zero attached hydrogens (tertiary/aromatic N) is 4. The Labute approximate surface area is 117 Å². The number of rotatable bonds is 5. The number of hydrogen-bond acceptors (Lipinski definition) is 4. The SMILES string of the molecule is Cc1cc(CN(C)C(=O)N[C@@H](C)Cn2cccn2)no1. The largest absolute Gasteiger partial charge is 0.361 e. The smallest absolute Gasteiger partial charge is 0.317 e. The molecule has 0 saturated heterocycles.